The third-order valence-corrected chi connectivity index (χ3v) is 3.80. The van der Waals surface area contributed by atoms with E-state index in [-0.39, 0.29) is 12.4 Å². The van der Waals surface area contributed by atoms with Gasteiger partial charge >= 0.3 is 5.97 Å². The number of carbonyl (C=O) groups is 2. The van der Waals surface area contributed by atoms with Crippen LogP contribution < -0.4 is 5.32 Å². The number of benzene rings is 1. The third-order valence-electron chi connectivity index (χ3n) is 3.80. The zero-order valence-electron chi connectivity index (χ0n) is 11.6. The summed E-state index contributed by atoms with van der Waals surface area (Å²) in [7, 11) is 0. The molecule has 0 spiro atoms. The van der Waals surface area contributed by atoms with Gasteiger partial charge < -0.3 is 10.1 Å². The Balaban J connectivity index is 2.50. The van der Waals surface area contributed by atoms with Crippen LogP contribution in [0.25, 0.3) is 0 Å². The quantitative estimate of drug-likeness (QED) is 0.663. The molecular weight excluding hydrogens is 242 g/mol. The van der Waals surface area contributed by atoms with E-state index in [1.165, 1.54) is 11.1 Å². The molecular formula is C15H19NO3. The lowest BCUT2D eigenvalue weighted by atomic mass is 9.88. The minimum absolute atomic E-state index is 0.169. The Morgan fingerprint density at radius 2 is 1.89 bits per heavy atom. The van der Waals surface area contributed by atoms with Gasteiger partial charge in [-0.15, -0.1) is 0 Å². The van der Waals surface area contributed by atoms with Crippen molar-refractivity contribution in [2.45, 2.75) is 40.3 Å². The molecule has 0 aromatic heterocycles. The Bertz CT molecular complexity index is 535. The summed E-state index contributed by atoms with van der Waals surface area (Å²) in [6.07, 6.45) is 1.03. The van der Waals surface area contributed by atoms with E-state index < -0.39 is 0 Å². The van der Waals surface area contributed by atoms with Crippen LogP contribution in [-0.2, 0) is 29.0 Å². The molecule has 0 aliphatic carbocycles. The lowest BCUT2D eigenvalue weighted by Gasteiger charge is -2.16. The first-order chi connectivity index (χ1) is 9.10. The molecule has 102 valence electrons. The van der Waals surface area contributed by atoms with E-state index in [4.69, 9.17) is 4.74 Å². The minimum atomic E-state index is -0.279. The van der Waals surface area contributed by atoms with Crippen LogP contribution in [0.4, 0.5) is 0 Å². The molecule has 4 heteroatoms. The highest BCUT2D eigenvalue weighted by atomic mass is 16.5. The Labute approximate surface area is 113 Å². The zero-order valence-corrected chi connectivity index (χ0v) is 11.6. The van der Waals surface area contributed by atoms with Crippen LogP contribution in [0.5, 0.6) is 0 Å². The first kappa shape index (κ1) is 13.7. The van der Waals surface area contributed by atoms with E-state index in [0.717, 1.165) is 36.1 Å². The van der Waals surface area contributed by atoms with Crippen LogP contribution in [-0.4, -0.2) is 18.9 Å². The number of fused-ring (bicyclic) bond motifs is 1. The van der Waals surface area contributed by atoms with Crippen LogP contribution in [0, 0.1) is 13.8 Å². The van der Waals surface area contributed by atoms with Crippen molar-refractivity contribution < 1.29 is 14.3 Å². The first-order valence-corrected chi connectivity index (χ1v) is 6.55. The summed E-state index contributed by atoms with van der Waals surface area (Å²) in [6, 6.07) is 0. The minimum Gasteiger partial charge on any atom is -0.466 e. The van der Waals surface area contributed by atoms with E-state index in [9.17, 15) is 9.59 Å². The summed E-state index contributed by atoms with van der Waals surface area (Å²) >= 11 is 0. The number of rotatable bonds is 4. The lowest BCUT2D eigenvalue weighted by molar-refractivity contribution is -0.142. The Morgan fingerprint density at radius 1 is 1.26 bits per heavy atom. The maximum Gasteiger partial charge on any atom is 0.310 e. The summed E-state index contributed by atoms with van der Waals surface area (Å²) in [5.41, 5.74) is 5.91. The van der Waals surface area contributed by atoms with Crippen LogP contribution in [0.15, 0.2) is 0 Å². The molecule has 4 nitrogen and oxygen atoms in total. The molecule has 0 saturated heterocycles. The van der Waals surface area contributed by atoms with Crippen molar-refractivity contribution in [3.63, 3.8) is 0 Å². The van der Waals surface area contributed by atoms with Gasteiger partial charge in [0.15, 0.2) is 6.29 Å². The van der Waals surface area contributed by atoms with Crippen molar-refractivity contribution in [1.82, 2.24) is 5.32 Å². The van der Waals surface area contributed by atoms with Crippen molar-refractivity contribution in [2.24, 2.45) is 0 Å². The van der Waals surface area contributed by atoms with Crippen LogP contribution >= 0.6 is 0 Å². The van der Waals surface area contributed by atoms with E-state index in [1.54, 1.807) is 6.92 Å². The summed E-state index contributed by atoms with van der Waals surface area (Å²) < 4.78 is 4.99. The molecule has 0 radical (unpaired) electrons. The summed E-state index contributed by atoms with van der Waals surface area (Å²) in [6.45, 7) is 7.67. The Hall–Kier alpha value is -1.68. The SMILES string of the molecule is CCOC(=O)Cc1c(C)c2c(c(C)c1C=O)CNC2. The van der Waals surface area contributed by atoms with Gasteiger partial charge in [-0.1, -0.05) is 0 Å². The van der Waals surface area contributed by atoms with Crippen LogP contribution in [0.2, 0.25) is 0 Å². The highest BCUT2D eigenvalue weighted by Gasteiger charge is 2.23. The monoisotopic (exact) mass is 261 g/mol. The first-order valence-electron chi connectivity index (χ1n) is 6.55. The summed E-state index contributed by atoms with van der Waals surface area (Å²) in [5.74, 6) is -0.279. The summed E-state index contributed by atoms with van der Waals surface area (Å²) in [5, 5.41) is 3.29. The van der Waals surface area contributed by atoms with Gasteiger partial charge in [0.05, 0.1) is 13.0 Å². The molecule has 0 bridgehead atoms. The molecule has 0 amide bonds. The van der Waals surface area contributed by atoms with Crippen LogP contribution in [0.3, 0.4) is 0 Å². The molecule has 0 unspecified atom stereocenters. The van der Waals surface area contributed by atoms with Gasteiger partial charge in [-0.2, -0.15) is 0 Å². The number of hydrogen-bond acceptors (Lipinski definition) is 4. The van der Waals surface area contributed by atoms with Crippen LogP contribution in [0.1, 0.15) is 45.1 Å². The van der Waals surface area contributed by atoms with Gasteiger partial charge in [0.2, 0.25) is 0 Å². The molecule has 19 heavy (non-hydrogen) atoms. The van der Waals surface area contributed by atoms with Gasteiger partial charge in [0.1, 0.15) is 0 Å². The van der Waals surface area contributed by atoms with Crippen molar-refractivity contribution in [3.8, 4) is 0 Å². The summed E-state index contributed by atoms with van der Waals surface area (Å²) in [4.78, 5) is 23.1. The highest BCUT2D eigenvalue weighted by molar-refractivity contribution is 5.85. The topological polar surface area (TPSA) is 55.4 Å². The smallest absolute Gasteiger partial charge is 0.310 e. The van der Waals surface area contributed by atoms with E-state index in [1.807, 2.05) is 13.8 Å². The number of aldehydes is 1. The average molecular weight is 261 g/mol. The molecule has 2 rings (SSSR count). The average Bonchev–Trinajstić information content (AvgIpc) is 2.86. The third kappa shape index (κ3) is 2.40. The molecule has 1 N–H and O–H groups in total. The molecule has 0 atom stereocenters. The van der Waals surface area contributed by atoms with Gasteiger partial charge in [0.25, 0.3) is 0 Å². The Morgan fingerprint density at radius 3 is 2.47 bits per heavy atom. The van der Waals surface area contributed by atoms with Gasteiger partial charge in [-0.25, -0.2) is 0 Å². The zero-order chi connectivity index (χ0) is 14.0. The lowest BCUT2D eigenvalue weighted by Crippen LogP contribution is -2.13. The highest BCUT2D eigenvalue weighted by Crippen LogP contribution is 2.30. The van der Waals surface area contributed by atoms with E-state index in [0.29, 0.717) is 12.2 Å². The number of carbonyl (C=O) groups excluding carboxylic acids is 2. The van der Waals surface area contributed by atoms with Gasteiger partial charge in [-0.3, -0.25) is 9.59 Å². The second-order valence-electron chi connectivity index (χ2n) is 4.80. The van der Waals surface area contributed by atoms with E-state index in [2.05, 4.69) is 5.32 Å². The molecule has 1 aromatic carbocycles. The molecule has 0 fully saturated rings. The fraction of sp³-hybridized carbons (Fsp3) is 0.467. The predicted octanol–water partition coefficient (Wildman–Crippen LogP) is 1.82. The fourth-order valence-corrected chi connectivity index (χ4v) is 2.76. The van der Waals surface area contributed by atoms with Crippen molar-refractivity contribution >= 4 is 12.3 Å². The molecule has 1 aliphatic rings. The second kappa shape index (κ2) is 5.53. The second-order valence-corrected chi connectivity index (χ2v) is 4.80. The molecule has 1 aliphatic heterocycles. The van der Waals surface area contributed by atoms with Crippen molar-refractivity contribution in [1.29, 1.82) is 0 Å². The molecule has 0 saturated carbocycles. The number of hydrogen-bond donors (Lipinski definition) is 1. The molecule has 1 aromatic rings. The van der Waals surface area contributed by atoms with Gasteiger partial charge in [0, 0.05) is 18.7 Å². The standard InChI is InChI=1S/C15H19NO3/c1-4-19-15(18)5-11-9(2)12-6-16-7-13(12)10(3)14(11)8-17/h8,16H,4-7H2,1-3H3. The number of ether oxygens (including phenoxy) is 1. The Kier molecular flexibility index (Phi) is 4.00. The fourth-order valence-electron chi connectivity index (χ4n) is 2.76. The maximum absolute atomic E-state index is 11.7. The number of nitrogens with one attached hydrogen (secondary N) is 1. The van der Waals surface area contributed by atoms with Gasteiger partial charge in [-0.05, 0) is 48.6 Å². The predicted molar refractivity (Wildman–Crippen MR) is 72.2 cm³/mol. The number of esters is 1. The van der Waals surface area contributed by atoms with Crippen molar-refractivity contribution in [3.05, 3.63) is 33.4 Å². The van der Waals surface area contributed by atoms with Crippen molar-refractivity contribution in [2.75, 3.05) is 6.61 Å². The maximum atomic E-state index is 11.7. The van der Waals surface area contributed by atoms with E-state index >= 15 is 0 Å². The largest absolute Gasteiger partial charge is 0.466 e. The molecule has 1 heterocycles. The normalized spacial score (nSPS) is 13.2.